The lowest BCUT2D eigenvalue weighted by molar-refractivity contribution is -0.288. The second-order valence-corrected chi connectivity index (χ2v) is 8.59. The Morgan fingerprint density at radius 2 is 1.67 bits per heavy atom. The maximum absolute atomic E-state index is 10.3. The zero-order valence-corrected chi connectivity index (χ0v) is 18.0. The number of halogens is 2. The summed E-state index contributed by atoms with van der Waals surface area (Å²) in [5, 5.41) is 39.8. The summed E-state index contributed by atoms with van der Waals surface area (Å²) in [6.45, 7) is 1.67. The molecule has 0 radical (unpaired) electrons. The Kier molecular flexibility index (Phi) is 4.64. The summed E-state index contributed by atoms with van der Waals surface area (Å²) < 4.78 is 13.0. The molecule has 148 valence electrons. The van der Waals surface area contributed by atoms with Gasteiger partial charge in [0, 0.05) is 15.1 Å². The fourth-order valence-corrected chi connectivity index (χ4v) is 5.14. The molecule has 2 fully saturated rings. The average molecular weight is 482 g/mol. The molecule has 0 aliphatic carbocycles. The van der Waals surface area contributed by atoms with Gasteiger partial charge in [-0.05, 0) is 23.8 Å². The van der Waals surface area contributed by atoms with E-state index < -0.39 is 34.5 Å². The van der Waals surface area contributed by atoms with Gasteiger partial charge < -0.3 is 9.47 Å². The molecule has 1 N–H and O–H groups in total. The van der Waals surface area contributed by atoms with Crippen LogP contribution in [0.3, 0.4) is 0 Å². The van der Waals surface area contributed by atoms with Gasteiger partial charge in [-0.25, -0.2) is 0 Å². The molecule has 0 amide bonds. The van der Waals surface area contributed by atoms with Crippen LogP contribution in [0.5, 0.6) is 0 Å². The first-order valence-corrected chi connectivity index (χ1v) is 10.2. The minimum absolute atomic E-state index is 0.454. The summed E-state index contributed by atoms with van der Waals surface area (Å²) in [5.41, 5.74) is -2.78. The van der Waals surface area contributed by atoms with Crippen LogP contribution >= 0.6 is 27.5 Å². The molecule has 2 aromatic carbocycles. The number of benzene rings is 2. The fraction of sp³-hybridized carbons (Fsp3) is 0.273. The van der Waals surface area contributed by atoms with Crippen molar-refractivity contribution in [3.63, 3.8) is 0 Å². The molecular formula is C22H14BrClN4O2. The van der Waals surface area contributed by atoms with E-state index >= 15 is 0 Å². The van der Waals surface area contributed by atoms with Gasteiger partial charge >= 0.3 is 0 Å². The minimum Gasteiger partial charge on any atom is -0.443 e. The first-order chi connectivity index (χ1) is 14.3. The van der Waals surface area contributed by atoms with Crippen LogP contribution < -0.4 is 0 Å². The number of ether oxygens (including phenoxy) is 2. The fourth-order valence-electron chi connectivity index (χ4n) is 4.52. The monoisotopic (exact) mass is 480 g/mol. The molecule has 4 rings (SSSR count). The molecule has 0 aromatic heterocycles. The van der Waals surface area contributed by atoms with Crippen LogP contribution in [-0.4, -0.2) is 5.90 Å². The molecule has 0 spiro atoms. The lowest BCUT2D eigenvalue weighted by atomic mass is 9.53. The van der Waals surface area contributed by atoms with E-state index in [1.165, 1.54) is 0 Å². The Bertz CT molecular complexity index is 1170. The normalized spacial score (nSPS) is 31.1. The van der Waals surface area contributed by atoms with Gasteiger partial charge in [-0.2, -0.15) is 15.8 Å². The van der Waals surface area contributed by atoms with Crippen LogP contribution in [0.1, 0.15) is 24.2 Å². The van der Waals surface area contributed by atoms with Gasteiger partial charge in [0.15, 0.2) is 5.41 Å². The van der Waals surface area contributed by atoms with E-state index in [1.807, 2.05) is 12.1 Å². The molecule has 30 heavy (non-hydrogen) atoms. The third-order valence-electron chi connectivity index (χ3n) is 6.10. The average Bonchev–Trinajstić information content (AvgIpc) is 2.91. The van der Waals surface area contributed by atoms with Crippen LogP contribution in [0.25, 0.3) is 0 Å². The van der Waals surface area contributed by atoms with Crippen LogP contribution in [0.15, 0.2) is 53.0 Å². The van der Waals surface area contributed by atoms with Crippen LogP contribution in [0.2, 0.25) is 5.02 Å². The predicted octanol–water partition coefficient (Wildman–Crippen LogP) is 5.21. The molecule has 6 nitrogen and oxygen atoms in total. The number of hydrogen-bond donors (Lipinski definition) is 1. The lowest BCUT2D eigenvalue weighted by Crippen LogP contribution is -2.57. The SMILES string of the molecule is CC1C2(c3ccc(Cl)cc3)OC(=N)C1(C#N)C(C#N)(C#N)C(c1ccccc1Br)O2. The predicted molar refractivity (Wildman–Crippen MR) is 111 cm³/mol. The number of hydrogen-bond acceptors (Lipinski definition) is 6. The first-order valence-electron chi connectivity index (χ1n) is 9.03. The molecule has 4 atom stereocenters. The van der Waals surface area contributed by atoms with Gasteiger partial charge in [0.05, 0.1) is 24.1 Å². The van der Waals surface area contributed by atoms with Gasteiger partial charge in [-0.3, -0.25) is 5.41 Å². The molecule has 2 heterocycles. The Balaban J connectivity index is 2.06. The first kappa shape index (κ1) is 20.4. The number of nitrogens with zero attached hydrogens (tertiary/aromatic N) is 3. The third kappa shape index (κ3) is 2.27. The van der Waals surface area contributed by atoms with E-state index in [0.29, 0.717) is 20.6 Å². The van der Waals surface area contributed by atoms with Crippen molar-refractivity contribution in [3.05, 3.63) is 69.2 Å². The van der Waals surface area contributed by atoms with Crippen molar-refractivity contribution < 1.29 is 9.47 Å². The van der Waals surface area contributed by atoms with E-state index in [1.54, 1.807) is 55.5 Å². The number of nitrogens with one attached hydrogen (secondary N) is 1. The van der Waals surface area contributed by atoms with E-state index in [4.69, 9.17) is 26.5 Å². The van der Waals surface area contributed by atoms with Gasteiger partial charge in [0.1, 0.15) is 6.10 Å². The number of fused-ring (bicyclic) bond motifs is 2. The van der Waals surface area contributed by atoms with Gasteiger partial charge in [-0.1, -0.05) is 64.8 Å². The molecule has 2 aliphatic rings. The van der Waals surface area contributed by atoms with Crippen molar-refractivity contribution in [2.75, 3.05) is 0 Å². The van der Waals surface area contributed by atoms with Crippen molar-refractivity contribution in [1.82, 2.24) is 0 Å². The Morgan fingerprint density at radius 1 is 1.03 bits per heavy atom. The van der Waals surface area contributed by atoms with Crippen molar-refractivity contribution in [1.29, 1.82) is 21.2 Å². The van der Waals surface area contributed by atoms with E-state index in [0.717, 1.165) is 0 Å². The van der Waals surface area contributed by atoms with E-state index in [9.17, 15) is 15.8 Å². The van der Waals surface area contributed by atoms with Crippen LogP contribution in [0, 0.1) is 56.2 Å². The highest BCUT2D eigenvalue weighted by Crippen LogP contribution is 2.69. The number of rotatable bonds is 2. The van der Waals surface area contributed by atoms with Gasteiger partial charge in [0.2, 0.25) is 17.1 Å². The highest BCUT2D eigenvalue weighted by molar-refractivity contribution is 9.10. The Labute approximate surface area is 186 Å². The van der Waals surface area contributed by atoms with Crippen LogP contribution in [-0.2, 0) is 15.3 Å². The third-order valence-corrected chi connectivity index (χ3v) is 7.08. The summed E-state index contributed by atoms with van der Waals surface area (Å²) in [6, 6.07) is 19.9. The molecule has 4 unspecified atom stereocenters. The van der Waals surface area contributed by atoms with E-state index in [-0.39, 0.29) is 0 Å². The van der Waals surface area contributed by atoms with Gasteiger partial charge in [0.25, 0.3) is 0 Å². The topological polar surface area (TPSA) is 114 Å². The summed E-state index contributed by atoms with van der Waals surface area (Å²) in [7, 11) is 0. The summed E-state index contributed by atoms with van der Waals surface area (Å²) in [5.74, 6) is -2.80. The van der Waals surface area contributed by atoms with E-state index in [2.05, 4.69) is 22.0 Å². The van der Waals surface area contributed by atoms with Crippen molar-refractivity contribution >= 4 is 33.4 Å². The Morgan fingerprint density at radius 3 is 2.23 bits per heavy atom. The maximum Gasteiger partial charge on any atom is 0.244 e. The molecule has 0 saturated carbocycles. The van der Waals surface area contributed by atoms with Gasteiger partial charge in [-0.15, -0.1) is 0 Å². The molecule has 2 bridgehead atoms. The molecular weight excluding hydrogens is 468 g/mol. The highest BCUT2D eigenvalue weighted by atomic mass is 79.9. The van der Waals surface area contributed by atoms with Crippen molar-refractivity contribution in [2.24, 2.45) is 16.7 Å². The maximum atomic E-state index is 10.3. The minimum atomic E-state index is -2.01. The smallest absolute Gasteiger partial charge is 0.244 e. The Hall–Kier alpha value is -2.89. The van der Waals surface area contributed by atoms with Crippen molar-refractivity contribution in [2.45, 2.75) is 18.8 Å². The second kappa shape index (κ2) is 6.83. The highest BCUT2D eigenvalue weighted by Gasteiger charge is 2.79. The molecule has 2 aromatic rings. The van der Waals surface area contributed by atoms with Crippen LogP contribution in [0.4, 0.5) is 0 Å². The molecule has 2 saturated heterocycles. The molecule has 2 aliphatic heterocycles. The molecule has 8 heteroatoms. The largest absolute Gasteiger partial charge is 0.443 e. The number of nitriles is 3. The zero-order valence-electron chi connectivity index (χ0n) is 15.7. The van der Waals surface area contributed by atoms with Crippen molar-refractivity contribution in [3.8, 4) is 18.2 Å². The zero-order chi connectivity index (χ0) is 21.7. The standard InChI is InChI=1S/C22H14BrClN4O2/c1-13-21(12-27)19(28)30-22(13,14-6-8-15(24)9-7-14)29-18(20(21,10-25)11-26)16-4-2-3-5-17(16)23/h2-9,13,18,28H,1H3. The summed E-state index contributed by atoms with van der Waals surface area (Å²) in [6.07, 6.45) is -1.16. The quantitative estimate of drug-likeness (QED) is 0.632. The summed E-state index contributed by atoms with van der Waals surface area (Å²) in [4.78, 5) is 0. The second-order valence-electron chi connectivity index (χ2n) is 7.30. The summed E-state index contributed by atoms with van der Waals surface area (Å²) >= 11 is 9.50. The lowest BCUT2D eigenvalue weighted by Gasteiger charge is -2.49.